The van der Waals surface area contributed by atoms with Gasteiger partial charge in [-0.3, -0.25) is 9.59 Å². The predicted molar refractivity (Wildman–Crippen MR) is 86.5 cm³/mol. The molecule has 0 unspecified atom stereocenters. The predicted octanol–water partition coefficient (Wildman–Crippen LogP) is 2.48. The average molecular weight is 311 g/mol. The first-order valence-electron chi connectivity index (χ1n) is 7.44. The van der Waals surface area contributed by atoms with Crippen molar-refractivity contribution in [2.24, 2.45) is 5.10 Å². The highest BCUT2D eigenvalue weighted by atomic mass is 16.3. The summed E-state index contributed by atoms with van der Waals surface area (Å²) in [5, 5.41) is 3.87. The van der Waals surface area contributed by atoms with E-state index in [1.54, 1.807) is 29.2 Å². The molecule has 0 spiro atoms. The number of rotatable bonds is 4. The molecule has 1 fully saturated rings. The summed E-state index contributed by atoms with van der Waals surface area (Å²) in [6.45, 7) is 2.53. The molecule has 0 atom stereocenters. The first-order valence-corrected chi connectivity index (χ1v) is 7.44. The summed E-state index contributed by atoms with van der Waals surface area (Å²) in [6, 6.07) is 10.6. The van der Waals surface area contributed by atoms with Crippen molar-refractivity contribution in [2.75, 3.05) is 11.4 Å². The molecular formula is C17H17N3O3. The van der Waals surface area contributed by atoms with Crippen molar-refractivity contribution in [3.63, 3.8) is 0 Å². The molecule has 6 nitrogen and oxygen atoms in total. The molecule has 0 radical (unpaired) electrons. The Kier molecular flexibility index (Phi) is 4.23. The number of nitrogens with zero attached hydrogens (tertiary/aromatic N) is 2. The lowest BCUT2D eigenvalue weighted by Crippen LogP contribution is -2.24. The molecule has 6 heteroatoms. The van der Waals surface area contributed by atoms with Gasteiger partial charge in [-0.05, 0) is 43.7 Å². The van der Waals surface area contributed by atoms with Crippen molar-refractivity contribution in [1.82, 2.24) is 5.43 Å². The summed E-state index contributed by atoms with van der Waals surface area (Å²) in [7, 11) is 0. The molecule has 0 aliphatic carbocycles. The van der Waals surface area contributed by atoms with Gasteiger partial charge in [0.25, 0.3) is 5.91 Å². The van der Waals surface area contributed by atoms with Crippen LogP contribution in [0.2, 0.25) is 0 Å². The van der Waals surface area contributed by atoms with Gasteiger partial charge >= 0.3 is 0 Å². The minimum Gasteiger partial charge on any atom is -0.460 e. The smallest absolute Gasteiger partial charge is 0.271 e. The van der Waals surface area contributed by atoms with Gasteiger partial charge in [-0.2, -0.15) is 5.10 Å². The molecule has 118 valence electrons. The number of hydrogen-bond donors (Lipinski definition) is 1. The molecule has 1 aliphatic heterocycles. The van der Waals surface area contributed by atoms with Crippen LogP contribution in [-0.2, 0) is 4.79 Å². The van der Waals surface area contributed by atoms with Gasteiger partial charge in [0.15, 0.2) is 0 Å². The molecule has 1 aliphatic rings. The van der Waals surface area contributed by atoms with Gasteiger partial charge in [0.1, 0.15) is 11.5 Å². The van der Waals surface area contributed by atoms with E-state index in [2.05, 4.69) is 10.5 Å². The molecule has 23 heavy (non-hydrogen) atoms. The second-order valence-electron chi connectivity index (χ2n) is 5.35. The maximum atomic E-state index is 12.1. The van der Waals surface area contributed by atoms with Gasteiger partial charge in [0, 0.05) is 24.2 Å². The molecule has 1 saturated heterocycles. The Hall–Kier alpha value is -2.89. The van der Waals surface area contributed by atoms with Crippen LogP contribution in [0.25, 0.3) is 0 Å². The summed E-state index contributed by atoms with van der Waals surface area (Å²) >= 11 is 0. The van der Waals surface area contributed by atoms with Gasteiger partial charge < -0.3 is 9.32 Å². The number of amides is 2. The van der Waals surface area contributed by atoms with Crippen molar-refractivity contribution in [3.8, 4) is 0 Å². The molecule has 1 aromatic heterocycles. The fraction of sp³-hybridized carbons (Fsp3) is 0.235. The van der Waals surface area contributed by atoms with Crippen LogP contribution in [0.3, 0.4) is 0 Å². The number of aryl methyl sites for hydroxylation is 1. The number of carbonyl (C=O) groups excluding carboxylic acids is 2. The molecule has 2 heterocycles. The van der Waals surface area contributed by atoms with Gasteiger partial charge in [-0.25, -0.2) is 5.43 Å². The second-order valence-corrected chi connectivity index (χ2v) is 5.35. The lowest BCUT2D eigenvalue weighted by Gasteiger charge is -2.16. The van der Waals surface area contributed by atoms with E-state index in [1.807, 2.05) is 19.1 Å². The van der Waals surface area contributed by atoms with E-state index in [0.717, 1.165) is 17.9 Å². The lowest BCUT2D eigenvalue weighted by molar-refractivity contribution is -0.117. The maximum Gasteiger partial charge on any atom is 0.271 e. The fourth-order valence-electron chi connectivity index (χ4n) is 2.48. The molecule has 0 saturated carbocycles. The van der Waals surface area contributed by atoms with Crippen molar-refractivity contribution >= 4 is 23.7 Å². The third-order valence-corrected chi connectivity index (χ3v) is 3.61. The van der Waals surface area contributed by atoms with E-state index < -0.39 is 0 Å². The SMILES string of the molecule is Cc1ccc(/C=N/NC(=O)c2cccc(N3CCCC3=O)c2)o1. The molecule has 3 rings (SSSR count). The van der Waals surface area contributed by atoms with Crippen LogP contribution in [0.4, 0.5) is 5.69 Å². The standard InChI is InChI=1S/C17H17N3O3/c1-12-7-8-15(23-12)11-18-19-17(22)13-4-2-5-14(10-13)20-9-3-6-16(20)21/h2,4-5,7-8,10-11H,3,6,9H2,1H3,(H,19,22)/b18-11+. The van der Waals surface area contributed by atoms with E-state index in [0.29, 0.717) is 24.3 Å². The first kappa shape index (κ1) is 15.0. The van der Waals surface area contributed by atoms with Gasteiger partial charge in [0.2, 0.25) is 5.91 Å². The number of hydrazone groups is 1. The number of carbonyl (C=O) groups is 2. The summed E-state index contributed by atoms with van der Waals surface area (Å²) in [6.07, 6.45) is 2.85. The molecule has 2 amide bonds. The van der Waals surface area contributed by atoms with Crippen molar-refractivity contribution in [3.05, 3.63) is 53.5 Å². The van der Waals surface area contributed by atoms with Crippen LogP contribution in [-0.4, -0.2) is 24.6 Å². The zero-order chi connectivity index (χ0) is 16.2. The minimum atomic E-state index is -0.335. The molecule has 1 N–H and O–H groups in total. The summed E-state index contributed by atoms with van der Waals surface area (Å²) in [5.74, 6) is 1.10. The Morgan fingerprint density at radius 3 is 2.91 bits per heavy atom. The van der Waals surface area contributed by atoms with Crippen LogP contribution in [0, 0.1) is 6.92 Å². The van der Waals surface area contributed by atoms with E-state index >= 15 is 0 Å². The van der Waals surface area contributed by atoms with Gasteiger partial charge in [-0.15, -0.1) is 0 Å². The van der Waals surface area contributed by atoms with Crippen LogP contribution < -0.4 is 10.3 Å². The average Bonchev–Trinajstić information content (AvgIpc) is 3.16. The number of furan rings is 1. The van der Waals surface area contributed by atoms with E-state index in [9.17, 15) is 9.59 Å². The van der Waals surface area contributed by atoms with E-state index in [4.69, 9.17) is 4.42 Å². The first-order chi connectivity index (χ1) is 11.1. The van der Waals surface area contributed by atoms with Crippen molar-refractivity contribution < 1.29 is 14.0 Å². The summed E-state index contributed by atoms with van der Waals surface area (Å²) in [4.78, 5) is 25.6. The highest BCUT2D eigenvalue weighted by molar-refractivity contribution is 5.99. The van der Waals surface area contributed by atoms with Gasteiger partial charge in [-0.1, -0.05) is 6.07 Å². The Morgan fingerprint density at radius 1 is 1.35 bits per heavy atom. The topological polar surface area (TPSA) is 74.9 Å². The Bertz CT molecular complexity index is 764. The lowest BCUT2D eigenvalue weighted by atomic mass is 10.2. The van der Waals surface area contributed by atoms with Crippen LogP contribution in [0.15, 0.2) is 45.9 Å². The number of nitrogens with one attached hydrogen (secondary N) is 1. The van der Waals surface area contributed by atoms with Crippen molar-refractivity contribution in [1.29, 1.82) is 0 Å². The van der Waals surface area contributed by atoms with Crippen LogP contribution in [0.5, 0.6) is 0 Å². The van der Waals surface area contributed by atoms with Gasteiger partial charge in [0.05, 0.1) is 6.21 Å². The minimum absolute atomic E-state index is 0.0915. The third kappa shape index (κ3) is 3.48. The molecular weight excluding hydrogens is 294 g/mol. The Labute approximate surface area is 133 Å². The zero-order valence-corrected chi connectivity index (χ0v) is 12.8. The summed E-state index contributed by atoms with van der Waals surface area (Å²) in [5.41, 5.74) is 3.65. The van der Waals surface area contributed by atoms with Crippen LogP contribution in [0.1, 0.15) is 34.7 Å². The number of benzene rings is 1. The second kappa shape index (κ2) is 6.48. The van der Waals surface area contributed by atoms with E-state index in [1.165, 1.54) is 6.21 Å². The normalized spacial score (nSPS) is 14.7. The van der Waals surface area contributed by atoms with Crippen LogP contribution >= 0.6 is 0 Å². The highest BCUT2D eigenvalue weighted by Gasteiger charge is 2.22. The zero-order valence-electron chi connectivity index (χ0n) is 12.8. The number of anilines is 1. The van der Waals surface area contributed by atoms with Crippen molar-refractivity contribution in [2.45, 2.75) is 19.8 Å². The Balaban J connectivity index is 1.67. The third-order valence-electron chi connectivity index (χ3n) is 3.61. The molecule has 1 aromatic carbocycles. The highest BCUT2D eigenvalue weighted by Crippen LogP contribution is 2.22. The molecule has 2 aromatic rings. The maximum absolute atomic E-state index is 12.1. The largest absolute Gasteiger partial charge is 0.460 e. The molecule has 0 bridgehead atoms. The van der Waals surface area contributed by atoms with E-state index in [-0.39, 0.29) is 11.8 Å². The quantitative estimate of drug-likeness (QED) is 0.696. The monoisotopic (exact) mass is 311 g/mol. The Morgan fingerprint density at radius 2 is 2.22 bits per heavy atom. The fourth-order valence-corrected chi connectivity index (χ4v) is 2.48. The summed E-state index contributed by atoms with van der Waals surface area (Å²) < 4.78 is 5.32. The number of hydrogen-bond acceptors (Lipinski definition) is 4.